The van der Waals surface area contributed by atoms with Crippen LogP contribution in [0, 0.1) is 24.2 Å². The van der Waals surface area contributed by atoms with Crippen LogP contribution in [0.25, 0.3) is 0 Å². The van der Waals surface area contributed by atoms with Crippen molar-refractivity contribution in [3.05, 3.63) is 12.7 Å². The van der Waals surface area contributed by atoms with E-state index in [2.05, 4.69) is 27.0 Å². The van der Waals surface area contributed by atoms with Gasteiger partial charge in [-0.2, -0.15) is 0 Å². The summed E-state index contributed by atoms with van der Waals surface area (Å²) in [7, 11) is -12.3. The number of unbranched alkanes of at least 4 members (excludes halogenated alkanes) is 1. The number of halogens is 6. The number of carbonyl (C=O) groups excluding carboxylic acids is 8. The molecule has 0 aliphatic carbocycles. The number of rotatable bonds is 23. The molecule has 0 aromatic rings. The summed E-state index contributed by atoms with van der Waals surface area (Å²) < 4.78 is 145. The topological polar surface area (TPSA) is 319 Å². The zero-order valence-electron chi connectivity index (χ0n) is 41.5. The maximum atomic E-state index is 12.2. The van der Waals surface area contributed by atoms with Crippen LogP contribution in [0.5, 0.6) is 0 Å². The summed E-state index contributed by atoms with van der Waals surface area (Å²) in [5.41, 5.74) is -11.7. The summed E-state index contributed by atoms with van der Waals surface area (Å²) in [5, 5.41) is 16.2. The van der Waals surface area contributed by atoms with Gasteiger partial charge in [0.25, 0.3) is 0 Å². The van der Waals surface area contributed by atoms with Gasteiger partial charge in [-0.25, -0.2) is 0 Å². The third-order valence-electron chi connectivity index (χ3n) is 8.85. The first-order valence-corrected chi connectivity index (χ1v) is 28.2. The first-order valence-electron chi connectivity index (χ1n) is 23.1. The Morgan fingerprint density at radius 3 is 1.77 bits per heavy atom. The molecule has 0 aromatic carbocycles. The van der Waals surface area contributed by atoms with Gasteiger partial charge in [0.2, 0.25) is 0 Å². The zero-order valence-corrected chi connectivity index (χ0v) is 46.0. The Kier molecular flexibility index (Phi) is 50.3. The van der Waals surface area contributed by atoms with Gasteiger partial charge >= 0.3 is 137 Å². The second kappa shape index (κ2) is 47.6. The standard InChI is InChI=1S/C21H34O8.C8H10O2.C6H8O3.C5H8O2.C2H6O.2CHF3O3S.2CH4.Sn/c1-3-8-17(21(26)29-15-6-5-10-19(24)27-4-2)9-7-16-28-20(25)12-11-18(23)13-14-22;1-2-4-7-5-3-6-10-8(7)9;7-5-1-2-6(8)9-4-3-5;6-5-3-1-2-4-7-5;1-2-3;2*2-1(3,4)8(5,6)7;;;/h3,17,22H,1,4-16H2,2H3;1,7H,3-6H2;1-4H2;1-4H2;3H,2H2,1H3;2*(H,5,6,7);2*1H4;/q;;;;;;;;;+2/p-2. The number of terminal acetylenes is 1. The second-order valence-corrected chi connectivity index (χ2v) is 21.4. The molecule has 0 spiro atoms. The Labute approximate surface area is 457 Å². The van der Waals surface area contributed by atoms with Gasteiger partial charge in [0.15, 0.2) is 0 Å². The van der Waals surface area contributed by atoms with Crippen LogP contribution in [0.1, 0.15) is 144 Å². The molecule has 3 saturated heterocycles. The molecule has 448 valence electrons. The van der Waals surface area contributed by atoms with Gasteiger partial charge in [0.05, 0.1) is 64.3 Å². The third-order valence-corrected chi connectivity index (χ3v) is 15.5. The SMILES string of the molecule is C.C.C#CCC1CCCOC1=O.C=CCC(CCCOC(=O)CCC(=O)CCO)C(=O)OCCCCC(=O)OCC.CCO.O=C1CCCCO1.O=C1CCOC(=O)CC1.O=S(=O)([O][Sn][O]S(=O)(=O)C(F)(F)F)C(F)(F)F. The normalized spacial score (nSPS) is 15.5. The van der Waals surface area contributed by atoms with Gasteiger partial charge in [-0.15, -0.1) is 18.9 Å². The van der Waals surface area contributed by atoms with Gasteiger partial charge in [-0.3, -0.25) is 38.4 Å². The number of carbonyl (C=O) groups is 8. The van der Waals surface area contributed by atoms with Crippen molar-refractivity contribution in [2.45, 2.75) is 155 Å². The van der Waals surface area contributed by atoms with Crippen molar-refractivity contribution >= 4 is 89.6 Å². The number of alkyl halides is 6. The molecule has 22 nitrogen and oxygen atoms in total. The molecule has 3 heterocycles. The minimum absolute atomic E-state index is 0. The predicted octanol–water partition coefficient (Wildman–Crippen LogP) is 5.99. The monoisotopic (exact) mass is 1280 g/mol. The van der Waals surface area contributed by atoms with Crippen LogP contribution in [0.4, 0.5) is 26.3 Å². The summed E-state index contributed by atoms with van der Waals surface area (Å²) in [4.78, 5) is 88.4. The Hall–Kier alpha value is -4.42. The fourth-order valence-electron chi connectivity index (χ4n) is 5.12. The maximum absolute atomic E-state index is 12.2. The van der Waals surface area contributed by atoms with E-state index in [9.17, 15) is 81.5 Å². The van der Waals surface area contributed by atoms with E-state index >= 15 is 0 Å². The number of Topliss-reactive ketones (excluding diaryl/α,β-unsaturated/α-hetero) is 2. The average molecular weight is 1280 g/mol. The van der Waals surface area contributed by atoms with Crippen LogP contribution >= 0.6 is 0 Å². The van der Waals surface area contributed by atoms with Gasteiger partial charge in [-0.1, -0.05) is 20.9 Å². The van der Waals surface area contributed by atoms with E-state index in [-0.39, 0.29) is 127 Å². The van der Waals surface area contributed by atoms with Crippen LogP contribution in [0.15, 0.2) is 12.7 Å². The molecule has 3 rings (SSSR count). The quantitative estimate of drug-likeness (QED) is 0.0173. The van der Waals surface area contributed by atoms with Crippen molar-refractivity contribution in [3.8, 4) is 12.3 Å². The van der Waals surface area contributed by atoms with Crippen molar-refractivity contribution in [2.75, 3.05) is 52.9 Å². The van der Waals surface area contributed by atoms with Crippen LogP contribution in [0.2, 0.25) is 0 Å². The molecule has 0 saturated carbocycles. The number of esters is 6. The van der Waals surface area contributed by atoms with E-state index in [1.165, 1.54) is 0 Å². The van der Waals surface area contributed by atoms with Crippen molar-refractivity contribution in [1.82, 2.24) is 0 Å². The van der Waals surface area contributed by atoms with Crippen molar-refractivity contribution in [3.63, 3.8) is 0 Å². The third kappa shape index (κ3) is 45.2. The number of hydrogen-bond donors (Lipinski definition) is 2. The zero-order chi connectivity index (χ0) is 57.9. The molecule has 3 aliphatic heterocycles. The van der Waals surface area contributed by atoms with Crippen molar-refractivity contribution < 1.29 is 125 Å². The molecular formula is C46H74F6O22S2Sn. The number of cyclic esters (lactones) is 3. The van der Waals surface area contributed by atoms with E-state index in [0.29, 0.717) is 84.0 Å². The van der Waals surface area contributed by atoms with Crippen LogP contribution in [0.3, 0.4) is 0 Å². The molecule has 3 fully saturated rings. The first kappa shape index (κ1) is 81.4. The second-order valence-electron chi connectivity index (χ2n) is 15.0. The minimum atomic E-state index is -6.15. The molecular weight excluding hydrogens is 1200 g/mol. The summed E-state index contributed by atoms with van der Waals surface area (Å²) in [5.74, 6) is 0.562. The summed E-state index contributed by atoms with van der Waals surface area (Å²) in [6, 6.07) is 0. The first-order chi connectivity index (χ1) is 35.1. The molecule has 0 bridgehead atoms. The molecule has 2 N–H and O–H groups in total. The molecule has 3 aliphatic rings. The predicted molar refractivity (Wildman–Crippen MR) is 262 cm³/mol. The molecule has 2 radical (unpaired) electrons. The molecule has 0 amide bonds. The molecule has 2 unspecified atom stereocenters. The van der Waals surface area contributed by atoms with Gasteiger partial charge < -0.3 is 38.6 Å². The van der Waals surface area contributed by atoms with Crippen LogP contribution in [-0.4, -0.2) is 160 Å². The summed E-state index contributed by atoms with van der Waals surface area (Å²) in [6.07, 6.45) is 15.8. The van der Waals surface area contributed by atoms with Crippen LogP contribution in [-0.2, 0) is 92.1 Å². The Bertz CT molecular complexity index is 1930. The molecule has 2 atom stereocenters. The summed E-state index contributed by atoms with van der Waals surface area (Å²) >= 11 is -3.86. The Balaban J connectivity index is -0.000000302. The molecule has 77 heavy (non-hydrogen) atoms. The fourth-order valence-corrected chi connectivity index (χ4v) is 9.46. The van der Waals surface area contributed by atoms with Gasteiger partial charge in [0.1, 0.15) is 11.6 Å². The fraction of sp³-hybridized carbons (Fsp3) is 0.739. The number of hydrogen-bond acceptors (Lipinski definition) is 22. The molecule has 0 aromatic heterocycles. The number of aliphatic hydroxyl groups excluding tert-OH is 2. The Morgan fingerprint density at radius 2 is 1.29 bits per heavy atom. The average Bonchev–Trinajstić information content (AvgIpc) is 3.52. The van der Waals surface area contributed by atoms with E-state index < -0.39 is 59.2 Å². The number of ether oxygens (including phenoxy) is 6. The van der Waals surface area contributed by atoms with Gasteiger partial charge in [-0.05, 0) is 71.6 Å². The van der Waals surface area contributed by atoms with Crippen molar-refractivity contribution in [1.29, 1.82) is 0 Å². The molecule has 31 heteroatoms. The van der Waals surface area contributed by atoms with Crippen molar-refractivity contribution in [2.24, 2.45) is 11.8 Å². The van der Waals surface area contributed by atoms with E-state index in [0.717, 1.165) is 25.7 Å². The van der Waals surface area contributed by atoms with Crippen LogP contribution < -0.4 is 0 Å². The van der Waals surface area contributed by atoms with E-state index in [4.69, 9.17) is 35.6 Å². The van der Waals surface area contributed by atoms with Gasteiger partial charge in [0, 0.05) is 58.2 Å². The van der Waals surface area contributed by atoms with E-state index in [1.54, 1.807) is 19.9 Å². The number of allylic oxidation sites excluding steroid dienone is 1. The Morgan fingerprint density at radius 1 is 0.740 bits per heavy atom. The summed E-state index contributed by atoms with van der Waals surface area (Å²) in [6.45, 7) is 9.34. The number of aliphatic hydroxyl groups is 2. The van der Waals surface area contributed by atoms with E-state index in [1.807, 2.05) is 0 Å². The number of ketones is 2.